The molecule has 2 aromatic carbocycles. The molecule has 3 rings (SSSR count). The number of fused-ring (bicyclic) bond motifs is 1. The van der Waals surface area contributed by atoms with Gasteiger partial charge in [-0.2, -0.15) is 0 Å². The third kappa shape index (κ3) is 3.87. The van der Waals surface area contributed by atoms with E-state index in [1.54, 1.807) is 7.11 Å². The normalized spacial score (nSPS) is 15.7. The minimum absolute atomic E-state index is 0.0377. The first kappa shape index (κ1) is 18.0. The average Bonchev–Trinajstić information content (AvgIpc) is 2.91. The molecule has 5 heteroatoms. The van der Waals surface area contributed by atoms with E-state index in [9.17, 15) is 9.59 Å². The summed E-state index contributed by atoms with van der Waals surface area (Å²) < 4.78 is 5.19. The number of carbonyl (C=O) groups excluding carboxylic acids is 2. The van der Waals surface area contributed by atoms with E-state index in [2.05, 4.69) is 5.32 Å². The van der Waals surface area contributed by atoms with Gasteiger partial charge in [-0.05, 0) is 42.2 Å². The van der Waals surface area contributed by atoms with Gasteiger partial charge in [-0.15, -0.1) is 0 Å². The summed E-state index contributed by atoms with van der Waals surface area (Å²) in [6.07, 6.45) is 1.51. The van der Waals surface area contributed by atoms with Crippen molar-refractivity contribution in [3.63, 3.8) is 0 Å². The highest BCUT2D eigenvalue weighted by Gasteiger charge is 2.36. The summed E-state index contributed by atoms with van der Waals surface area (Å²) in [6.45, 7) is 2.65. The lowest BCUT2D eigenvalue weighted by Crippen LogP contribution is -2.29. The smallest absolute Gasteiger partial charge is 0.234 e. The summed E-state index contributed by atoms with van der Waals surface area (Å²) in [5.41, 5.74) is 3.12. The van der Waals surface area contributed by atoms with Crippen LogP contribution in [-0.4, -0.2) is 25.5 Å². The van der Waals surface area contributed by atoms with E-state index in [4.69, 9.17) is 4.74 Å². The molecule has 2 aromatic rings. The lowest BCUT2D eigenvalue weighted by molar-refractivity contribution is -0.119. The Morgan fingerprint density at radius 2 is 1.88 bits per heavy atom. The molecule has 0 bridgehead atoms. The van der Waals surface area contributed by atoms with Crippen molar-refractivity contribution in [2.24, 2.45) is 0 Å². The Morgan fingerprint density at radius 1 is 1.15 bits per heavy atom. The second-order valence-corrected chi connectivity index (χ2v) is 6.51. The van der Waals surface area contributed by atoms with Crippen LogP contribution in [0.3, 0.4) is 0 Å². The first-order chi connectivity index (χ1) is 12.6. The van der Waals surface area contributed by atoms with Crippen LogP contribution in [-0.2, 0) is 16.1 Å². The summed E-state index contributed by atoms with van der Waals surface area (Å²) in [4.78, 5) is 25.9. The molecular weight excluding hydrogens is 328 g/mol. The lowest BCUT2D eigenvalue weighted by atomic mass is 9.96. The summed E-state index contributed by atoms with van der Waals surface area (Å²) >= 11 is 0. The monoisotopic (exact) mass is 352 g/mol. The predicted molar refractivity (Wildman–Crippen MR) is 101 cm³/mol. The number of ether oxygens (including phenoxy) is 1. The second-order valence-electron chi connectivity index (χ2n) is 6.51. The van der Waals surface area contributed by atoms with E-state index in [0.717, 1.165) is 35.4 Å². The molecule has 136 valence electrons. The fraction of sp³-hybridized carbons (Fsp3) is 0.333. The zero-order valence-electron chi connectivity index (χ0n) is 15.2. The molecule has 1 heterocycles. The number of anilines is 1. The lowest BCUT2D eigenvalue weighted by Gasteiger charge is -2.18. The molecule has 26 heavy (non-hydrogen) atoms. The van der Waals surface area contributed by atoms with Crippen LogP contribution in [0.5, 0.6) is 5.75 Å². The molecule has 0 spiro atoms. The fourth-order valence-corrected chi connectivity index (χ4v) is 3.39. The van der Waals surface area contributed by atoms with Gasteiger partial charge in [-0.1, -0.05) is 30.3 Å². The van der Waals surface area contributed by atoms with Crippen molar-refractivity contribution in [3.05, 3.63) is 59.7 Å². The van der Waals surface area contributed by atoms with E-state index in [1.165, 1.54) is 6.92 Å². The maximum Gasteiger partial charge on any atom is 0.234 e. The van der Waals surface area contributed by atoms with Crippen LogP contribution in [0, 0.1) is 0 Å². The van der Waals surface area contributed by atoms with Crippen LogP contribution < -0.4 is 15.0 Å². The number of methoxy groups -OCH3 is 1. The van der Waals surface area contributed by atoms with Gasteiger partial charge in [0.15, 0.2) is 0 Å². The van der Waals surface area contributed by atoms with Crippen molar-refractivity contribution in [2.45, 2.75) is 32.2 Å². The summed E-state index contributed by atoms with van der Waals surface area (Å²) in [5, 5.41) is 2.79. The summed E-state index contributed by atoms with van der Waals surface area (Å²) in [6, 6.07) is 15.8. The van der Waals surface area contributed by atoms with Gasteiger partial charge in [-0.25, -0.2) is 0 Å². The highest BCUT2D eigenvalue weighted by molar-refractivity contribution is 6.04. The summed E-state index contributed by atoms with van der Waals surface area (Å²) in [5.74, 6) is 0.755. The Kier molecular flexibility index (Phi) is 5.56. The van der Waals surface area contributed by atoms with Crippen LogP contribution >= 0.6 is 0 Å². The second kappa shape index (κ2) is 8.04. The number of benzene rings is 2. The van der Waals surface area contributed by atoms with Gasteiger partial charge in [0.25, 0.3) is 0 Å². The van der Waals surface area contributed by atoms with Crippen molar-refractivity contribution in [3.8, 4) is 5.75 Å². The van der Waals surface area contributed by atoms with E-state index in [-0.39, 0.29) is 17.7 Å². The van der Waals surface area contributed by atoms with Gasteiger partial charge in [0.05, 0.1) is 19.6 Å². The zero-order chi connectivity index (χ0) is 18.5. The number of carbonyl (C=O) groups is 2. The summed E-state index contributed by atoms with van der Waals surface area (Å²) in [7, 11) is 1.64. The molecule has 0 aliphatic carbocycles. The first-order valence-corrected chi connectivity index (χ1v) is 8.88. The van der Waals surface area contributed by atoms with Crippen molar-refractivity contribution in [2.75, 3.05) is 18.6 Å². The third-order valence-corrected chi connectivity index (χ3v) is 4.71. The van der Waals surface area contributed by atoms with Gasteiger partial charge in [-0.3, -0.25) is 9.59 Å². The van der Waals surface area contributed by atoms with Crippen LogP contribution in [0.15, 0.2) is 48.5 Å². The van der Waals surface area contributed by atoms with Crippen molar-refractivity contribution in [1.82, 2.24) is 5.32 Å². The largest absolute Gasteiger partial charge is 0.497 e. The molecule has 1 aliphatic heterocycles. The molecule has 1 atom stereocenters. The molecule has 0 fully saturated rings. The third-order valence-electron chi connectivity index (χ3n) is 4.71. The Labute approximate surface area is 154 Å². The predicted octanol–water partition coefficient (Wildman–Crippen LogP) is 3.24. The van der Waals surface area contributed by atoms with Crippen LogP contribution in [0.2, 0.25) is 0 Å². The molecule has 1 N–H and O–H groups in total. The number of nitrogens with zero attached hydrogens (tertiary/aromatic N) is 1. The number of para-hydroxylation sites is 1. The number of nitrogens with one attached hydrogen (secondary N) is 1. The molecule has 0 aromatic heterocycles. The number of hydrogen-bond donors (Lipinski definition) is 1. The quantitative estimate of drug-likeness (QED) is 0.778. The van der Waals surface area contributed by atoms with Gasteiger partial charge in [0.2, 0.25) is 11.8 Å². The van der Waals surface area contributed by atoms with E-state index < -0.39 is 0 Å². The standard InChI is InChI=1S/C21H24N2O3/c1-15(24)22-13-5-7-19-18-6-3-4-8-20(18)23(21(19)25)14-16-9-11-17(26-2)12-10-16/h3-4,6,8-12,19H,5,7,13-14H2,1-2H3,(H,22,24). The average molecular weight is 352 g/mol. The Balaban J connectivity index is 1.74. The van der Waals surface area contributed by atoms with Crippen LogP contribution in [0.1, 0.15) is 36.8 Å². The number of rotatable bonds is 7. The highest BCUT2D eigenvalue weighted by Crippen LogP contribution is 2.40. The Hall–Kier alpha value is -2.82. The van der Waals surface area contributed by atoms with Gasteiger partial charge in [0.1, 0.15) is 5.75 Å². The molecular formula is C21H24N2O3. The fourth-order valence-electron chi connectivity index (χ4n) is 3.39. The molecule has 0 saturated heterocycles. The molecule has 2 amide bonds. The minimum Gasteiger partial charge on any atom is -0.497 e. The molecule has 1 aliphatic rings. The van der Waals surface area contributed by atoms with Crippen molar-refractivity contribution < 1.29 is 14.3 Å². The zero-order valence-corrected chi connectivity index (χ0v) is 15.2. The molecule has 0 radical (unpaired) electrons. The molecule has 5 nitrogen and oxygen atoms in total. The van der Waals surface area contributed by atoms with Crippen LogP contribution in [0.25, 0.3) is 0 Å². The van der Waals surface area contributed by atoms with E-state index >= 15 is 0 Å². The SMILES string of the molecule is COc1ccc(CN2C(=O)C(CCCNC(C)=O)c3ccccc32)cc1. The topological polar surface area (TPSA) is 58.6 Å². The molecule has 0 saturated carbocycles. The van der Waals surface area contributed by atoms with Gasteiger partial charge < -0.3 is 15.0 Å². The van der Waals surface area contributed by atoms with Crippen molar-refractivity contribution >= 4 is 17.5 Å². The number of hydrogen-bond acceptors (Lipinski definition) is 3. The maximum absolute atomic E-state index is 13.0. The minimum atomic E-state index is -0.141. The molecule has 1 unspecified atom stereocenters. The van der Waals surface area contributed by atoms with E-state index in [1.807, 2.05) is 53.4 Å². The van der Waals surface area contributed by atoms with Gasteiger partial charge in [0, 0.05) is 19.2 Å². The van der Waals surface area contributed by atoms with Gasteiger partial charge >= 0.3 is 0 Å². The highest BCUT2D eigenvalue weighted by atomic mass is 16.5. The first-order valence-electron chi connectivity index (χ1n) is 8.88. The maximum atomic E-state index is 13.0. The van der Waals surface area contributed by atoms with E-state index in [0.29, 0.717) is 13.1 Å². The number of amides is 2. The Bertz CT molecular complexity index is 786. The van der Waals surface area contributed by atoms with Crippen LogP contribution in [0.4, 0.5) is 5.69 Å². The van der Waals surface area contributed by atoms with Crippen molar-refractivity contribution in [1.29, 1.82) is 0 Å². The Morgan fingerprint density at radius 3 is 2.58 bits per heavy atom.